The lowest BCUT2D eigenvalue weighted by atomic mass is 9.81. The van der Waals surface area contributed by atoms with E-state index >= 15 is 0 Å². The van der Waals surface area contributed by atoms with Crippen LogP contribution < -0.4 is 0 Å². The van der Waals surface area contributed by atoms with E-state index in [-0.39, 0.29) is 0 Å². The number of hydrogen-bond acceptors (Lipinski definition) is 2. The molecule has 1 unspecified atom stereocenters. The first kappa shape index (κ1) is 23.4. The number of allylic oxidation sites excluding steroid dienone is 1. The Balaban J connectivity index is 2.70. The molecule has 2 aromatic rings. The van der Waals surface area contributed by atoms with Crippen LogP contribution in [0.3, 0.4) is 0 Å². The zero-order chi connectivity index (χ0) is 22.3. The minimum Gasteiger partial charge on any atom is -0.378 e. The number of hydrogen-bond donors (Lipinski definition) is 1. The summed E-state index contributed by atoms with van der Waals surface area (Å²) in [5, 5.41) is 12.2. The number of benzene rings is 2. The van der Waals surface area contributed by atoms with Gasteiger partial charge in [-0.2, -0.15) is 13.2 Å². The number of ether oxygens (including phenoxy) is 1. The molecule has 5 heteroatoms. The van der Waals surface area contributed by atoms with Crippen LogP contribution in [0.15, 0.2) is 43.0 Å². The molecule has 29 heavy (non-hydrogen) atoms. The Morgan fingerprint density at radius 1 is 1.03 bits per heavy atom. The van der Waals surface area contributed by atoms with Crippen molar-refractivity contribution in [2.75, 3.05) is 0 Å². The van der Waals surface area contributed by atoms with E-state index in [0.29, 0.717) is 12.8 Å². The summed E-state index contributed by atoms with van der Waals surface area (Å²) >= 11 is 0. The van der Waals surface area contributed by atoms with Gasteiger partial charge in [-0.1, -0.05) is 56.3 Å². The van der Waals surface area contributed by atoms with E-state index in [0.717, 1.165) is 34.4 Å². The van der Waals surface area contributed by atoms with E-state index in [1.807, 2.05) is 57.2 Å². The maximum Gasteiger partial charge on any atom is 0.419 e. The molecule has 0 aliphatic rings. The number of fused-ring (bicyclic) bond motifs is 1. The molecule has 0 spiro atoms. The van der Waals surface area contributed by atoms with Crippen LogP contribution in [0.5, 0.6) is 0 Å². The lowest BCUT2D eigenvalue weighted by Gasteiger charge is -2.47. The van der Waals surface area contributed by atoms with Crippen LogP contribution in [0.2, 0.25) is 0 Å². The highest BCUT2D eigenvalue weighted by Crippen LogP contribution is 2.47. The fourth-order valence-electron chi connectivity index (χ4n) is 3.69. The standard InChI is InChI=1S/C24H31F3O2/c1-8-23(9-2,29-21(5,6)22(7,28)24(25,26)27)20-12-10-11-17-13-14-18(16(3)4)15-19(17)20/h10-15,28H,3,8-9H2,1-2,4-7H3. The van der Waals surface area contributed by atoms with E-state index in [1.54, 1.807) is 0 Å². The molecular formula is C24H31F3O2. The van der Waals surface area contributed by atoms with Gasteiger partial charge in [-0.05, 0) is 68.5 Å². The molecule has 1 N–H and O–H groups in total. The maximum atomic E-state index is 13.6. The van der Waals surface area contributed by atoms with Crippen LogP contribution in [0.1, 0.15) is 65.5 Å². The van der Waals surface area contributed by atoms with Gasteiger partial charge >= 0.3 is 6.18 Å². The van der Waals surface area contributed by atoms with Gasteiger partial charge in [0.1, 0.15) is 5.60 Å². The van der Waals surface area contributed by atoms with Crippen molar-refractivity contribution in [2.24, 2.45) is 0 Å². The summed E-state index contributed by atoms with van der Waals surface area (Å²) in [6.07, 6.45) is -3.91. The van der Waals surface area contributed by atoms with Crippen LogP contribution in [0.4, 0.5) is 13.2 Å². The van der Waals surface area contributed by atoms with Crippen molar-refractivity contribution >= 4 is 16.3 Å². The minimum absolute atomic E-state index is 0.456. The molecule has 0 amide bonds. The first-order valence-electron chi connectivity index (χ1n) is 9.91. The zero-order valence-corrected chi connectivity index (χ0v) is 18.1. The van der Waals surface area contributed by atoms with Crippen LogP contribution >= 0.6 is 0 Å². The highest BCUT2D eigenvalue weighted by Gasteiger charge is 2.61. The van der Waals surface area contributed by atoms with Crippen LogP contribution in [-0.2, 0) is 10.3 Å². The molecule has 0 radical (unpaired) electrons. The summed E-state index contributed by atoms with van der Waals surface area (Å²) < 4.78 is 46.9. The first-order chi connectivity index (χ1) is 13.2. The summed E-state index contributed by atoms with van der Waals surface area (Å²) in [6.45, 7) is 13.1. The predicted octanol–water partition coefficient (Wildman–Crippen LogP) is 7.00. The number of alkyl halides is 3. The van der Waals surface area contributed by atoms with Crippen molar-refractivity contribution < 1.29 is 23.0 Å². The molecule has 0 fully saturated rings. The van der Waals surface area contributed by atoms with Crippen molar-refractivity contribution in [3.05, 3.63) is 54.1 Å². The summed E-state index contributed by atoms with van der Waals surface area (Å²) in [6, 6.07) is 11.7. The molecule has 0 aliphatic heterocycles. The average molecular weight is 409 g/mol. The van der Waals surface area contributed by atoms with E-state index in [1.165, 1.54) is 13.8 Å². The van der Waals surface area contributed by atoms with Crippen molar-refractivity contribution in [3.8, 4) is 0 Å². The van der Waals surface area contributed by atoms with E-state index in [4.69, 9.17) is 4.74 Å². The van der Waals surface area contributed by atoms with Crippen LogP contribution in [0, 0.1) is 0 Å². The third kappa shape index (κ3) is 4.08. The molecule has 0 aliphatic carbocycles. The Morgan fingerprint density at radius 2 is 1.62 bits per heavy atom. The second-order valence-corrected chi connectivity index (χ2v) is 8.41. The highest BCUT2D eigenvalue weighted by molar-refractivity contribution is 5.89. The number of halogens is 3. The quantitative estimate of drug-likeness (QED) is 0.535. The smallest absolute Gasteiger partial charge is 0.378 e. The van der Waals surface area contributed by atoms with Gasteiger partial charge in [0.05, 0.1) is 5.60 Å². The summed E-state index contributed by atoms with van der Waals surface area (Å²) in [7, 11) is 0. The second kappa shape index (κ2) is 7.77. The molecule has 0 aromatic heterocycles. The van der Waals surface area contributed by atoms with Crippen LogP contribution in [0.25, 0.3) is 16.3 Å². The van der Waals surface area contributed by atoms with Crippen molar-refractivity contribution in [1.29, 1.82) is 0 Å². The number of rotatable bonds is 7. The predicted molar refractivity (Wildman–Crippen MR) is 113 cm³/mol. The van der Waals surface area contributed by atoms with Crippen LogP contribution in [-0.4, -0.2) is 22.5 Å². The molecule has 0 bridgehead atoms. The third-order valence-electron chi connectivity index (χ3n) is 6.18. The Morgan fingerprint density at radius 3 is 2.10 bits per heavy atom. The molecule has 0 saturated carbocycles. The Bertz CT molecular complexity index is 891. The summed E-state index contributed by atoms with van der Waals surface area (Å²) in [5.74, 6) is 0. The lowest BCUT2D eigenvalue weighted by Crippen LogP contribution is -2.61. The summed E-state index contributed by atoms with van der Waals surface area (Å²) in [4.78, 5) is 0. The van der Waals surface area contributed by atoms with Crippen molar-refractivity contribution in [2.45, 2.75) is 77.4 Å². The Labute approximate surface area is 171 Å². The van der Waals surface area contributed by atoms with Gasteiger partial charge in [-0.15, -0.1) is 0 Å². The second-order valence-electron chi connectivity index (χ2n) is 8.41. The van der Waals surface area contributed by atoms with Gasteiger partial charge < -0.3 is 9.84 Å². The Kier molecular flexibility index (Phi) is 6.27. The molecule has 2 rings (SSSR count). The molecule has 1 atom stereocenters. The molecular weight excluding hydrogens is 377 g/mol. The summed E-state index contributed by atoms with van der Waals surface area (Å²) in [5.41, 5.74) is -3.19. The highest BCUT2D eigenvalue weighted by atomic mass is 19.4. The lowest BCUT2D eigenvalue weighted by molar-refractivity contribution is -0.331. The average Bonchev–Trinajstić information content (AvgIpc) is 2.64. The number of aliphatic hydroxyl groups is 1. The normalized spacial score (nSPS) is 15.4. The molecule has 160 valence electrons. The van der Waals surface area contributed by atoms with Gasteiger partial charge in [-0.25, -0.2) is 0 Å². The van der Waals surface area contributed by atoms with Crippen molar-refractivity contribution in [1.82, 2.24) is 0 Å². The Hall–Kier alpha value is -1.85. The van der Waals surface area contributed by atoms with Gasteiger partial charge in [-0.3, -0.25) is 0 Å². The molecule has 0 saturated heterocycles. The van der Waals surface area contributed by atoms with E-state index < -0.39 is 23.0 Å². The SMILES string of the molecule is C=C(C)c1ccc2cccc(C(CC)(CC)OC(C)(C)C(C)(O)C(F)(F)F)c2c1. The topological polar surface area (TPSA) is 29.5 Å². The fourth-order valence-corrected chi connectivity index (χ4v) is 3.69. The fraction of sp³-hybridized carbons (Fsp3) is 0.500. The zero-order valence-electron chi connectivity index (χ0n) is 18.1. The maximum absolute atomic E-state index is 13.6. The molecule has 2 nitrogen and oxygen atoms in total. The first-order valence-corrected chi connectivity index (χ1v) is 9.91. The molecule has 2 aromatic carbocycles. The van der Waals surface area contributed by atoms with E-state index in [2.05, 4.69) is 6.58 Å². The monoisotopic (exact) mass is 408 g/mol. The van der Waals surface area contributed by atoms with Gasteiger partial charge in [0.25, 0.3) is 0 Å². The van der Waals surface area contributed by atoms with E-state index in [9.17, 15) is 18.3 Å². The largest absolute Gasteiger partial charge is 0.419 e. The van der Waals surface area contributed by atoms with Crippen molar-refractivity contribution in [3.63, 3.8) is 0 Å². The van der Waals surface area contributed by atoms with Gasteiger partial charge in [0.2, 0.25) is 0 Å². The van der Waals surface area contributed by atoms with Gasteiger partial charge in [0, 0.05) is 0 Å². The molecule has 0 heterocycles. The van der Waals surface area contributed by atoms with Gasteiger partial charge in [0.15, 0.2) is 5.60 Å². The third-order valence-corrected chi connectivity index (χ3v) is 6.18. The minimum atomic E-state index is -4.82.